The van der Waals surface area contributed by atoms with Gasteiger partial charge < -0.3 is 5.11 Å². The molecule has 1 aliphatic rings. The van der Waals surface area contributed by atoms with E-state index in [0.717, 1.165) is 19.3 Å². The molecule has 0 bridgehead atoms. The number of halogens is 2. The fourth-order valence-electron chi connectivity index (χ4n) is 3.22. The number of hydrogen-bond donors (Lipinski definition) is 1. The molecule has 0 heterocycles. The van der Waals surface area contributed by atoms with Crippen LogP contribution in [0.5, 0.6) is 0 Å². The van der Waals surface area contributed by atoms with Gasteiger partial charge in [-0.05, 0) is 76.4 Å². The summed E-state index contributed by atoms with van der Waals surface area (Å²) in [6.07, 6.45) is 3.40. The number of fused-ring (bicyclic) bond motifs is 1. The maximum atomic E-state index is 13.6. The lowest BCUT2D eigenvalue weighted by molar-refractivity contribution is 0.153. The Hall–Kier alpha value is -1.19. The Morgan fingerprint density at radius 3 is 2.86 bits per heavy atom. The van der Waals surface area contributed by atoms with Crippen LogP contribution in [0.2, 0.25) is 0 Å². The Morgan fingerprint density at radius 2 is 2.05 bits per heavy atom. The van der Waals surface area contributed by atoms with E-state index in [-0.39, 0.29) is 5.82 Å². The molecule has 1 aliphatic carbocycles. The smallest absolute Gasteiger partial charge is 0.137 e. The Labute approximate surface area is 132 Å². The third-order valence-electron chi connectivity index (χ3n) is 4.33. The van der Waals surface area contributed by atoms with Crippen LogP contribution in [0.4, 0.5) is 4.39 Å². The SMILES string of the molecule is OC(CC1CCCc2ccccc21)c1ccc(Br)c(F)c1. The van der Waals surface area contributed by atoms with Crippen LogP contribution < -0.4 is 0 Å². The molecule has 2 atom stereocenters. The standard InChI is InChI=1S/C18H18BrFO/c19-16-9-8-14(10-17(16)20)18(21)11-13-6-3-5-12-4-1-2-7-15(12)13/h1-2,4,7-10,13,18,21H,3,5-6,11H2. The van der Waals surface area contributed by atoms with Gasteiger partial charge in [-0.1, -0.05) is 30.3 Å². The number of aliphatic hydroxyl groups is 1. The number of hydrogen-bond acceptors (Lipinski definition) is 1. The molecular formula is C18H18BrFO. The normalized spacial score (nSPS) is 19.1. The average molecular weight is 349 g/mol. The zero-order chi connectivity index (χ0) is 14.8. The van der Waals surface area contributed by atoms with Crippen molar-refractivity contribution in [3.63, 3.8) is 0 Å². The zero-order valence-electron chi connectivity index (χ0n) is 11.7. The van der Waals surface area contributed by atoms with Crippen LogP contribution in [0, 0.1) is 5.82 Å². The van der Waals surface area contributed by atoms with E-state index in [4.69, 9.17) is 0 Å². The van der Waals surface area contributed by atoms with Gasteiger partial charge in [0.2, 0.25) is 0 Å². The highest BCUT2D eigenvalue weighted by atomic mass is 79.9. The van der Waals surface area contributed by atoms with Crippen LogP contribution in [0.25, 0.3) is 0 Å². The van der Waals surface area contributed by atoms with Gasteiger partial charge in [0, 0.05) is 0 Å². The first-order valence-corrected chi connectivity index (χ1v) is 8.15. The predicted molar refractivity (Wildman–Crippen MR) is 85.8 cm³/mol. The van der Waals surface area contributed by atoms with E-state index in [0.29, 0.717) is 22.4 Å². The highest BCUT2D eigenvalue weighted by Gasteiger charge is 2.23. The van der Waals surface area contributed by atoms with Gasteiger partial charge in [-0.15, -0.1) is 0 Å². The van der Waals surface area contributed by atoms with E-state index in [1.807, 2.05) is 0 Å². The molecule has 2 unspecified atom stereocenters. The number of aliphatic hydroxyl groups excluding tert-OH is 1. The molecule has 0 radical (unpaired) electrons. The molecule has 3 rings (SSSR count). The van der Waals surface area contributed by atoms with Crippen molar-refractivity contribution < 1.29 is 9.50 Å². The Kier molecular flexibility index (Phi) is 4.41. The lowest BCUT2D eigenvalue weighted by Crippen LogP contribution is -2.13. The first-order valence-electron chi connectivity index (χ1n) is 7.36. The van der Waals surface area contributed by atoms with Gasteiger partial charge in [0.15, 0.2) is 0 Å². The van der Waals surface area contributed by atoms with Gasteiger partial charge >= 0.3 is 0 Å². The molecule has 21 heavy (non-hydrogen) atoms. The van der Waals surface area contributed by atoms with Crippen molar-refractivity contribution in [2.24, 2.45) is 0 Å². The second-order valence-electron chi connectivity index (χ2n) is 5.71. The van der Waals surface area contributed by atoms with Crippen molar-refractivity contribution >= 4 is 15.9 Å². The van der Waals surface area contributed by atoms with E-state index >= 15 is 0 Å². The number of aryl methyl sites for hydroxylation is 1. The summed E-state index contributed by atoms with van der Waals surface area (Å²) in [5.41, 5.74) is 3.39. The minimum Gasteiger partial charge on any atom is -0.388 e. The highest BCUT2D eigenvalue weighted by Crippen LogP contribution is 2.37. The minimum absolute atomic E-state index is 0.324. The van der Waals surface area contributed by atoms with Gasteiger partial charge in [0.1, 0.15) is 5.82 Å². The molecule has 2 aromatic carbocycles. The van der Waals surface area contributed by atoms with Gasteiger partial charge in [-0.3, -0.25) is 0 Å². The largest absolute Gasteiger partial charge is 0.388 e. The van der Waals surface area contributed by atoms with Crippen molar-refractivity contribution in [3.05, 3.63) is 69.4 Å². The predicted octanol–water partition coefficient (Wildman–Crippen LogP) is 5.13. The maximum absolute atomic E-state index is 13.6. The van der Waals surface area contributed by atoms with Gasteiger partial charge in [0.05, 0.1) is 10.6 Å². The first kappa shape index (κ1) is 14.7. The van der Waals surface area contributed by atoms with Crippen LogP contribution in [-0.2, 0) is 6.42 Å². The summed E-state index contributed by atoms with van der Waals surface area (Å²) < 4.78 is 14.0. The number of benzene rings is 2. The van der Waals surface area contributed by atoms with Crippen molar-refractivity contribution in [1.29, 1.82) is 0 Å². The molecule has 0 aromatic heterocycles. The lowest BCUT2D eigenvalue weighted by Gasteiger charge is -2.27. The van der Waals surface area contributed by atoms with Gasteiger partial charge in [-0.25, -0.2) is 4.39 Å². The Morgan fingerprint density at radius 1 is 1.24 bits per heavy atom. The third kappa shape index (κ3) is 3.19. The molecule has 0 amide bonds. The van der Waals surface area contributed by atoms with Crippen LogP contribution in [0.3, 0.4) is 0 Å². The second-order valence-corrected chi connectivity index (χ2v) is 6.57. The fourth-order valence-corrected chi connectivity index (χ4v) is 3.47. The van der Waals surface area contributed by atoms with E-state index in [9.17, 15) is 9.50 Å². The molecule has 0 spiro atoms. The molecule has 110 valence electrons. The second kappa shape index (κ2) is 6.29. The molecule has 0 aliphatic heterocycles. The van der Waals surface area contributed by atoms with Crippen LogP contribution >= 0.6 is 15.9 Å². The monoisotopic (exact) mass is 348 g/mol. The van der Waals surface area contributed by atoms with Crippen LogP contribution in [0.15, 0.2) is 46.9 Å². The summed E-state index contributed by atoms with van der Waals surface area (Å²) in [5.74, 6) is 0.0345. The quantitative estimate of drug-likeness (QED) is 0.814. The Balaban J connectivity index is 1.79. The first-order chi connectivity index (χ1) is 10.1. The summed E-state index contributed by atoms with van der Waals surface area (Å²) in [6.45, 7) is 0. The maximum Gasteiger partial charge on any atom is 0.137 e. The summed E-state index contributed by atoms with van der Waals surface area (Å²) >= 11 is 3.14. The highest BCUT2D eigenvalue weighted by molar-refractivity contribution is 9.10. The summed E-state index contributed by atoms with van der Waals surface area (Å²) in [6, 6.07) is 13.3. The molecule has 3 heteroatoms. The number of rotatable bonds is 3. The summed E-state index contributed by atoms with van der Waals surface area (Å²) in [5, 5.41) is 10.4. The topological polar surface area (TPSA) is 20.2 Å². The molecule has 0 saturated carbocycles. The van der Waals surface area contributed by atoms with Gasteiger partial charge in [0.25, 0.3) is 0 Å². The molecule has 0 fully saturated rings. The summed E-state index contributed by atoms with van der Waals surface area (Å²) in [7, 11) is 0. The minimum atomic E-state index is -0.622. The summed E-state index contributed by atoms with van der Waals surface area (Å²) in [4.78, 5) is 0. The Bertz CT molecular complexity index is 641. The molecule has 2 aromatic rings. The van der Waals surface area contributed by atoms with E-state index in [1.54, 1.807) is 12.1 Å². The van der Waals surface area contributed by atoms with Crippen LogP contribution in [-0.4, -0.2) is 5.11 Å². The van der Waals surface area contributed by atoms with Crippen molar-refractivity contribution in [2.75, 3.05) is 0 Å². The average Bonchev–Trinajstić information content (AvgIpc) is 2.50. The van der Waals surface area contributed by atoms with E-state index < -0.39 is 6.10 Å². The molecular weight excluding hydrogens is 331 g/mol. The zero-order valence-corrected chi connectivity index (χ0v) is 13.3. The van der Waals surface area contributed by atoms with E-state index in [2.05, 4.69) is 40.2 Å². The van der Waals surface area contributed by atoms with Crippen molar-refractivity contribution in [1.82, 2.24) is 0 Å². The lowest BCUT2D eigenvalue weighted by atomic mass is 9.79. The molecule has 0 saturated heterocycles. The fraction of sp³-hybridized carbons (Fsp3) is 0.333. The van der Waals surface area contributed by atoms with Crippen molar-refractivity contribution in [2.45, 2.75) is 37.7 Å². The van der Waals surface area contributed by atoms with Crippen LogP contribution in [0.1, 0.15) is 48.0 Å². The molecule has 1 nitrogen and oxygen atoms in total. The van der Waals surface area contributed by atoms with E-state index in [1.165, 1.54) is 17.2 Å². The third-order valence-corrected chi connectivity index (χ3v) is 4.97. The van der Waals surface area contributed by atoms with Gasteiger partial charge in [-0.2, -0.15) is 0 Å². The van der Waals surface area contributed by atoms with Crippen molar-refractivity contribution in [3.8, 4) is 0 Å². The molecule has 1 N–H and O–H groups in total.